The second-order valence-corrected chi connectivity index (χ2v) is 6.98. The highest BCUT2D eigenvalue weighted by molar-refractivity contribution is 9.10. The predicted molar refractivity (Wildman–Crippen MR) is 92.4 cm³/mol. The van der Waals surface area contributed by atoms with Crippen molar-refractivity contribution in [2.24, 2.45) is 0 Å². The number of nitrogens with one attached hydrogen (secondary N) is 1. The van der Waals surface area contributed by atoms with Crippen molar-refractivity contribution >= 4 is 33.6 Å². The number of thioether (sulfide) groups is 1. The van der Waals surface area contributed by atoms with Gasteiger partial charge in [-0.2, -0.15) is 0 Å². The van der Waals surface area contributed by atoms with Crippen LogP contribution in [0.3, 0.4) is 0 Å². The number of hydrogen-bond donors (Lipinski definition) is 1. The van der Waals surface area contributed by atoms with Crippen LogP contribution in [-0.2, 0) is 4.79 Å². The molecule has 5 heteroatoms. The predicted octanol–water partition coefficient (Wildman–Crippen LogP) is 4.95. The van der Waals surface area contributed by atoms with E-state index in [2.05, 4.69) is 21.2 Å². The average Bonchev–Trinajstić information content (AvgIpc) is 2.50. The fraction of sp³-hybridized carbons (Fsp3) is 0.235. The minimum absolute atomic E-state index is 0.0172. The maximum atomic E-state index is 12.8. The van der Waals surface area contributed by atoms with Crippen LogP contribution in [0.4, 0.5) is 4.39 Å². The molecule has 2 aromatic rings. The fourth-order valence-corrected chi connectivity index (χ4v) is 3.06. The molecule has 1 atom stereocenters. The van der Waals surface area contributed by atoms with Crippen molar-refractivity contribution in [3.63, 3.8) is 0 Å². The van der Waals surface area contributed by atoms with E-state index in [1.165, 1.54) is 12.1 Å². The topological polar surface area (TPSA) is 29.1 Å². The van der Waals surface area contributed by atoms with E-state index < -0.39 is 0 Å². The van der Waals surface area contributed by atoms with Crippen LogP contribution in [0.15, 0.2) is 57.9 Å². The molecule has 0 aliphatic rings. The summed E-state index contributed by atoms with van der Waals surface area (Å²) in [7, 11) is 0. The zero-order valence-corrected chi connectivity index (χ0v) is 14.6. The first-order valence-electron chi connectivity index (χ1n) is 6.98. The van der Waals surface area contributed by atoms with E-state index in [1.807, 2.05) is 31.2 Å². The van der Waals surface area contributed by atoms with Gasteiger partial charge in [0.15, 0.2) is 0 Å². The highest BCUT2D eigenvalue weighted by atomic mass is 79.9. The molecule has 1 amide bonds. The molecule has 0 saturated heterocycles. The number of rotatable bonds is 6. The van der Waals surface area contributed by atoms with E-state index in [-0.39, 0.29) is 17.8 Å². The van der Waals surface area contributed by atoms with Crippen LogP contribution < -0.4 is 5.32 Å². The third kappa shape index (κ3) is 5.46. The maximum Gasteiger partial charge on any atom is 0.221 e. The van der Waals surface area contributed by atoms with Gasteiger partial charge in [0.1, 0.15) is 5.82 Å². The number of halogens is 2. The summed E-state index contributed by atoms with van der Waals surface area (Å²) in [6, 6.07) is 14.2. The molecule has 0 aliphatic carbocycles. The van der Waals surface area contributed by atoms with Crippen LogP contribution in [-0.4, -0.2) is 11.7 Å². The van der Waals surface area contributed by atoms with Crippen molar-refractivity contribution in [1.29, 1.82) is 0 Å². The van der Waals surface area contributed by atoms with E-state index in [4.69, 9.17) is 0 Å². The molecule has 0 spiro atoms. The summed E-state index contributed by atoms with van der Waals surface area (Å²) in [5, 5.41) is 2.98. The van der Waals surface area contributed by atoms with Crippen molar-refractivity contribution in [2.75, 3.05) is 5.75 Å². The van der Waals surface area contributed by atoms with Crippen LogP contribution in [0.1, 0.15) is 24.9 Å². The summed E-state index contributed by atoms with van der Waals surface area (Å²) in [4.78, 5) is 12.9. The molecule has 0 saturated carbocycles. The van der Waals surface area contributed by atoms with Gasteiger partial charge in [-0.25, -0.2) is 4.39 Å². The molecule has 1 unspecified atom stereocenters. The van der Waals surface area contributed by atoms with Crippen molar-refractivity contribution < 1.29 is 9.18 Å². The first-order valence-corrected chi connectivity index (χ1v) is 8.75. The van der Waals surface area contributed by atoms with Gasteiger partial charge in [-0.3, -0.25) is 4.79 Å². The van der Waals surface area contributed by atoms with E-state index in [9.17, 15) is 9.18 Å². The Balaban J connectivity index is 1.75. The summed E-state index contributed by atoms with van der Waals surface area (Å²) in [6.45, 7) is 1.97. The molecule has 22 heavy (non-hydrogen) atoms. The van der Waals surface area contributed by atoms with E-state index in [0.29, 0.717) is 12.2 Å². The van der Waals surface area contributed by atoms with E-state index >= 15 is 0 Å². The first kappa shape index (κ1) is 17.0. The van der Waals surface area contributed by atoms with Gasteiger partial charge in [-0.15, -0.1) is 11.8 Å². The minimum Gasteiger partial charge on any atom is -0.350 e. The van der Waals surface area contributed by atoms with Gasteiger partial charge in [0.2, 0.25) is 5.91 Å². The molecule has 0 fully saturated rings. The Morgan fingerprint density at radius 3 is 2.45 bits per heavy atom. The minimum atomic E-state index is -0.245. The molecule has 1 N–H and O–H groups in total. The number of carbonyl (C=O) groups excluding carboxylic acids is 1. The van der Waals surface area contributed by atoms with Crippen LogP contribution in [0.25, 0.3) is 0 Å². The molecule has 2 nitrogen and oxygen atoms in total. The second-order valence-electron chi connectivity index (χ2n) is 4.89. The number of amides is 1. The number of carbonyl (C=O) groups is 1. The lowest BCUT2D eigenvalue weighted by molar-refractivity contribution is -0.121. The van der Waals surface area contributed by atoms with Gasteiger partial charge < -0.3 is 5.32 Å². The molecular formula is C17H17BrFNOS. The number of benzene rings is 2. The van der Waals surface area contributed by atoms with Gasteiger partial charge in [0.25, 0.3) is 0 Å². The molecule has 0 aromatic heterocycles. The van der Waals surface area contributed by atoms with Crippen LogP contribution >= 0.6 is 27.7 Å². The standard InChI is InChI=1S/C17H17BrFNOS/c1-12(13-2-4-14(18)5-3-13)20-17(21)10-11-22-16-8-6-15(19)7-9-16/h2-9,12H,10-11H2,1H3,(H,20,21). The van der Waals surface area contributed by atoms with Crippen LogP contribution in [0.5, 0.6) is 0 Å². The summed E-state index contributed by atoms with van der Waals surface area (Å²) in [6.07, 6.45) is 0.433. The molecular weight excluding hydrogens is 365 g/mol. The van der Waals surface area contributed by atoms with Gasteiger partial charge in [0.05, 0.1) is 6.04 Å². The lowest BCUT2D eigenvalue weighted by Crippen LogP contribution is -2.26. The Morgan fingerprint density at radius 1 is 1.18 bits per heavy atom. The summed E-state index contributed by atoms with van der Waals surface area (Å²) in [5.74, 6) is 0.445. The Hall–Kier alpha value is -1.33. The summed E-state index contributed by atoms with van der Waals surface area (Å²) >= 11 is 4.94. The third-order valence-corrected chi connectivity index (χ3v) is 4.70. The van der Waals surface area contributed by atoms with E-state index in [0.717, 1.165) is 14.9 Å². The quantitative estimate of drug-likeness (QED) is 0.717. The zero-order chi connectivity index (χ0) is 15.9. The Morgan fingerprint density at radius 2 is 1.82 bits per heavy atom. The summed E-state index contributed by atoms with van der Waals surface area (Å²) < 4.78 is 13.8. The monoisotopic (exact) mass is 381 g/mol. The summed E-state index contributed by atoms with van der Waals surface area (Å²) in [5.41, 5.74) is 1.07. The molecule has 2 rings (SSSR count). The van der Waals surface area contributed by atoms with Gasteiger partial charge >= 0.3 is 0 Å². The Kier molecular flexibility index (Phi) is 6.46. The van der Waals surface area contributed by atoms with Gasteiger partial charge in [-0.05, 0) is 48.9 Å². The van der Waals surface area contributed by atoms with Gasteiger partial charge in [-0.1, -0.05) is 28.1 Å². The molecule has 2 aromatic carbocycles. The normalized spacial score (nSPS) is 12.0. The number of hydrogen-bond acceptors (Lipinski definition) is 2. The van der Waals surface area contributed by atoms with Crippen molar-refractivity contribution in [2.45, 2.75) is 24.3 Å². The fourth-order valence-electron chi connectivity index (χ4n) is 1.94. The Labute approximate surface area is 142 Å². The SMILES string of the molecule is CC(NC(=O)CCSc1ccc(F)cc1)c1ccc(Br)cc1. The highest BCUT2D eigenvalue weighted by Gasteiger charge is 2.09. The lowest BCUT2D eigenvalue weighted by Gasteiger charge is -2.14. The van der Waals surface area contributed by atoms with Crippen LogP contribution in [0, 0.1) is 5.82 Å². The molecule has 0 radical (unpaired) electrons. The highest BCUT2D eigenvalue weighted by Crippen LogP contribution is 2.20. The first-order chi connectivity index (χ1) is 10.5. The van der Waals surface area contributed by atoms with Crippen molar-refractivity contribution in [3.05, 3.63) is 64.4 Å². The van der Waals surface area contributed by atoms with Crippen LogP contribution in [0.2, 0.25) is 0 Å². The van der Waals surface area contributed by atoms with E-state index in [1.54, 1.807) is 23.9 Å². The molecule has 116 valence electrons. The molecule has 0 bridgehead atoms. The largest absolute Gasteiger partial charge is 0.350 e. The third-order valence-electron chi connectivity index (χ3n) is 3.16. The molecule has 0 aliphatic heterocycles. The zero-order valence-electron chi connectivity index (χ0n) is 12.2. The van der Waals surface area contributed by atoms with Gasteiger partial charge in [0, 0.05) is 21.5 Å². The van der Waals surface area contributed by atoms with Crippen molar-refractivity contribution in [1.82, 2.24) is 5.32 Å². The average molecular weight is 382 g/mol. The maximum absolute atomic E-state index is 12.8. The second kappa shape index (κ2) is 8.34. The molecule has 0 heterocycles. The Bertz CT molecular complexity index is 616. The van der Waals surface area contributed by atoms with Crippen molar-refractivity contribution in [3.8, 4) is 0 Å². The smallest absolute Gasteiger partial charge is 0.221 e. The lowest BCUT2D eigenvalue weighted by atomic mass is 10.1.